The van der Waals surface area contributed by atoms with Gasteiger partial charge in [0, 0.05) is 12.3 Å². The number of H-pyrrole nitrogens is 1. The number of nitrogens with one attached hydrogen (secondary N) is 1. The Labute approximate surface area is 79.3 Å². The molecule has 0 radical (unpaired) electrons. The largest absolute Gasteiger partial charge is 0.306 e. The lowest BCUT2D eigenvalue weighted by Gasteiger charge is -2.00. The molecule has 1 N–H and O–H groups in total. The van der Waals surface area contributed by atoms with E-state index in [4.69, 9.17) is 0 Å². The van der Waals surface area contributed by atoms with Crippen molar-refractivity contribution in [3.63, 3.8) is 0 Å². The van der Waals surface area contributed by atoms with Gasteiger partial charge in [0.25, 0.3) is 5.56 Å². The molecule has 0 amide bonds. The molecule has 0 fully saturated rings. The molecule has 0 saturated heterocycles. The maximum atomic E-state index is 13.2. The Morgan fingerprint density at radius 3 is 2.71 bits per heavy atom. The van der Waals surface area contributed by atoms with Crippen molar-refractivity contribution in [2.45, 2.75) is 0 Å². The van der Waals surface area contributed by atoms with Crippen LogP contribution in [-0.4, -0.2) is 9.97 Å². The van der Waals surface area contributed by atoms with E-state index in [0.29, 0.717) is 5.56 Å². The van der Waals surface area contributed by atoms with Gasteiger partial charge in [0.2, 0.25) is 0 Å². The van der Waals surface area contributed by atoms with E-state index in [1.165, 1.54) is 18.3 Å². The number of aromatic nitrogens is 2. The van der Waals surface area contributed by atoms with Gasteiger partial charge in [-0.05, 0) is 12.1 Å². The summed E-state index contributed by atoms with van der Waals surface area (Å²) in [6, 6.07) is 7.44. The monoisotopic (exact) mass is 190 g/mol. The lowest BCUT2D eigenvalue weighted by atomic mass is 10.2. The third kappa shape index (κ3) is 1.54. The molecular formula is C10H7FN2O. The highest BCUT2D eigenvalue weighted by Crippen LogP contribution is 2.16. The number of hydrogen-bond donors (Lipinski definition) is 1. The first-order chi connectivity index (χ1) is 6.77. The Hall–Kier alpha value is -1.97. The third-order valence-electron chi connectivity index (χ3n) is 1.80. The highest BCUT2D eigenvalue weighted by Gasteiger charge is 2.04. The highest BCUT2D eigenvalue weighted by atomic mass is 19.1. The van der Waals surface area contributed by atoms with Crippen LogP contribution in [0.2, 0.25) is 0 Å². The summed E-state index contributed by atoms with van der Waals surface area (Å²) >= 11 is 0. The minimum atomic E-state index is -0.401. The number of aromatic amines is 1. The molecule has 0 aliphatic heterocycles. The first-order valence-electron chi connectivity index (χ1n) is 4.07. The number of benzene rings is 1. The zero-order valence-electron chi connectivity index (χ0n) is 7.20. The van der Waals surface area contributed by atoms with Crippen molar-refractivity contribution in [3.05, 3.63) is 52.7 Å². The fraction of sp³-hybridized carbons (Fsp3) is 0. The molecular weight excluding hydrogens is 183 g/mol. The van der Waals surface area contributed by atoms with Crippen LogP contribution in [0.25, 0.3) is 11.4 Å². The van der Waals surface area contributed by atoms with Gasteiger partial charge in [-0.25, -0.2) is 9.37 Å². The van der Waals surface area contributed by atoms with Gasteiger partial charge in [0.15, 0.2) is 0 Å². The van der Waals surface area contributed by atoms with E-state index in [1.807, 2.05) is 0 Å². The summed E-state index contributed by atoms with van der Waals surface area (Å²) < 4.78 is 13.2. The summed E-state index contributed by atoms with van der Waals surface area (Å²) in [5.74, 6) is -0.155. The first-order valence-corrected chi connectivity index (χ1v) is 4.07. The molecule has 1 aromatic heterocycles. The van der Waals surface area contributed by atoms with Crippen LogP contribution in [0, 0.1) is 5.82 Å². The second-order valence-electron chi connectivity index (χ2n) is 2.76. The van der Waals surface area contributed by atoms with Crippen molar-refractivity contribution in [2.75, 3.05) is 0 Å². The van der Waals surface area contributed by atoms with Crippen LogP contribution in [0.15, 0.2) is 41.3 Å². The second-order valence-corrected chi connectivity index (χ2v) is 2.76. The maximum absolute atomic E-state index is 13.2. The fourth-order valence-corrected chi connectivity index (χ4v) is 1.16. The van der Waals surface area contributed by atoms with Gasteiger partial charge >= 0.3 is 0 Å². The molecule has 1 aromatic carbocycles. The molecule has 14 heavy (non-hydrogen) atoms. The molecule has 0 aliphatic rings. The molecule has 0 aliphatic carbocycles. The summed E-state index contributed by atoms with van der Waals surface area (Å²) in [6.45, 7) is 0. The van der Waals surface area contributed by atoms with E-state index in [9.17, 15) is 9.18 Å². The molecule has 0 saturated carbocycles. The normalized spacial score (nSPS) is 10.1. The van der Waals surface area contributed by atoms with Crippen molar-refractivity contribution in [1.29, 1.82) is 0 Å². The van der Waals surface area contributed by atoms with Gasteiger partial charge in [-0.3, -0.25) is 4.79 Å². The molecule has 2 rings (SSSR count). The number of nitrogens with zero attached hydrogens (tertiary/aromatic N) is 1. The van der Waals surface area contributed by atoms with E-state index in [-0.39, 0.29) is 11.4 Å². The van der Waals surface area contributed by atoms with Crippen molar-refractivity contribution in [3.8, 4) is 11.4 Å². The first kappa shape index (κ1) is 8.62. The van der Waals surface area contributed by atoms with Crippen LogP contribution in [0.4, 0.5) is 4.39 Å². The smallest absolute Gasteiger partial charge is 0.251 e. The Balaban J connectivity index is 2.61. The molecule has 0 unspecified atom stereocenters. The van der Waals surface area contributed by atoms with E-state index < -0.39 is 5.82 Å². The predicted octanol–water partition coefficient (Wildman–Crippen LogP) is 1.58. The summed E-state index contributed by atoms with van der Waals surface area (Å²) in [5.41, 5.74) is 0.00320. The molecule has 2 aromatic rings. The van der Waals surface area contributed by atoms with Gasteiger partial charge in [0.05, 0.1) is 5.56 Å². The minimum absolute atomic E-state index is 0.246. The quantitative estimate of drug-likeness (QED) is 0.741. The second kappa shape index (κ2) is 3.41. The van der Waals surface area contributed by atoms with Crippen LogP contribution in [0.3, 0.4) is 0 Å². The molecule has 0 spiro atoms. The van der Waals surface area contributed by atoms with Crippen molar-refractivity contribution < 1.29 is 4.39 Å². The Kier molecular flexibility index (Phi) is 2.10. The topological polar surface area (TPSA) is 45.8 Å². The van der Waals surface area contributed by atoms with Crippen molar-refractivity contribution in [1.82, 2.24) is 9.97 Å². The number of halogens is 1. The molecule has 3 nitrogen and oxygen atoms in total. The van der Waals surface area contributed by atoms with Crippen LogP contribution in [-0.2, 0) is 0 Å². The number of rotatable bonds is 1. The van der Waals surface area contributed by atoms with Crippen LogP contribution < -0.4 is 5.56 Å². The van der Waals surface area contributed by atoms with Gasteiger partial charge in [-0.1, -0.05) is 12.1 Å². The third-order valence-corrected chi connectivity index (χ3v) is 1.80. The van der Waals surface area contributed by atoms with Crippen molar-refractivity contribution in [2.24, 2.45) is 0 Å². The summed E-state index contributed by atoms with van der Waals surface area (Å²) in [6.07, 6.45) is 1.35. The van der Waals surface area contributed by atoms with Gasteiger partial charge in [0.1, 0.15) is 11.6 Å². The zero-order valence-corrected chi connectivity index (χ0v) is 7.20. The molecule has 4 heteroatoms. The van der Waals surface area contributed by atoms with Crippen molar-refractivity contribution >= 4 is 0 Å². The SMILES string of the molecule is O=c1ccnc(-c2ccccc2F)[nH]1. The van der Waals surface area contributed by atoms with E-state index in [1.54, 1.807) is 18.2 Å². The molecule has 70 valence electrons. The minimum Gasteiger partial charge on any atom is -0.306 e. The molecule has 0 atom stereocenters. The predicted molar refractivity (Wildman–Crippen MR) is 50.3 cm³/mol. The average molecular weight is 190 g/mol. The molecule has 1 heterocycles. The average Bonchev–Trinajstić information content (AvgIpc) is 2.18. The van der Waals surface area contributed by atoms with Crippen LogP contribution in [0.5, 0.6) is 0 Å². The Bertz CT molecular complexity index is 507. The van der Waals surface area contributed by atoms with Crippen LogP contribution >= 0.6 is 0 Å². The Morgan fingerprint density at radius 1 is 1.21 bits per heavy atom. The van der Waals surface area contributed by atoms with Crippen LogP contribution in [0.1, 0.15) is 0 Å². The summed E-state index contributed by atoms with van der Waals surface area (Å²) in [4.78, 5) is 17.3. The molecule has 0 bridgehead atoms. The fourth-order valence-electron chi connectivity index (χ4n) is 1.16. The summed E-state index contributed by atoms with van der Waals surface area (Å²) in [5, 5.41) is 0. The standard InChI is InChI=1S/C10H7FN2O/c11-8-4-2-1-3-7(8)10-12-6-5-9(14)13-10/h1-6H,(H,12,13,14). The van der Waals surface area contributed by atoms with E-state index >= 15 is 0 Å². The van der Waals surface area contributed by atoms with Gasteiger partial charge in [-0.2, -0.15) is 0 Å². The number of hydrogen-bond acceptors (Lipinski definition) is 2. The summed E-state index contributed by atoms with van der Waals surface area (Å²) in [7, 11) is 0. The van der Waals surface area contributed by atoms with E-state index in [2.05, 4.69) is 9.97 Å². The Morgan fingerprint density at radius 2 is 2.00 bits per heavy atom. The van der Waals surface area contributed by atoms with E-state index in [0.717, 1.165) is 0 Å². The van der Waals surface area contributed by atoms with Gasteiger partial charge in [-0.15, -0.1) is 0 Å². The highest BCUT2D eigenvalue weighted by molar-refractivity contribution is 5.54. The maximum Gasteiger partial charge on any atom is 0.251 e. The lowest BCUT2D eigenvalue weighted by Crippen LogP contribution is -2.06. The zero-order chi connectivity index (χ0) is 9.97. The van der Waals surface area contributed by atoms with Gasteiger partial charge < -0.3 is 4.98 Å². The lowest BCUT2D eigenvalue weighted by molar-refractivity contribution is 0.630.